The zero-order valence-electron chi connectivity index (χ0n) is 16.4. The van der Waals surface area contributed by atoms with E-state index in [1.165, 1.54) is 4.90 Å². The number of hydrogen-bond donors (Lipinski definition) is 3. The number of hydrogen-bond acceptors (Lipinski definition) is 5. The van der Waals surface area contributed by atoms with Crippen LogP contribution < -0.4 is 15.4 Å². The Morgan fingerprint density at radius 3 is 2.39 bits per heavy atom. The molecule has 0 bridgehead atoms. The van der Waals surface area contributed by atoms with Crippen LogP contribution in [-0.2, 0) is 6.61 Å². The van der Waals surface area contributed by atoms with Gasteiger partial charge in [0.25, 0.3) is 0 Å². The molecular formula is C23H19N5O3. The Morgan fingerprint density at radius 2 is 1.71 bits per heavy atom. The Bertz CT molecular complexity index is 1240. The molecule has 31 heavy (non-hydrogen) atoms. The summed E-state index contributed by atoms with van der Waals surface area (Å²) in [4.78, 5) is 20.8. The van der Waals surface area contributed by atoms with Gasteiger partial charge in [-0.3, -0.25) is 5.41 Å². The quantitative estimate of drug-likeness (QED) is 0.323. The van der Waals surface area contributed by atoms with E-state index in [0.29, 0.717) is 24.0 Å². The Kier molecular flexibility index (Phi) is 5.44. The molecule has 0 radical (unpaired) electrons. The maximum Gasteiger partial charge on any atom is 0.335 e. The van der Waals surface area contributed by atoms with E-state index in [9.17, 15) is 4.79 Å². The van der Waals surface area contributed by atoms with Crippen LogP contribution in [0.2, 0.25) is 0 Å². The van der Waals surface area contributed by atoms with Gasteiger partial charge in [0, 0.05) is 12.4 Å². The van der Waals surface area contributed by atoms with Gasteiger partial charge in [0.05, 0.1) is 11.3 Å². The highest BCUT2D eigenvalue weighted by atomic mass is 16.5. The minimum absolute atomic E-state index is 0.192. The first-order chi connectivity index (χ1) is 15.0. The van der Waals surface area contributed by atoms with Gasteiger partial charge in [0.1, 0.15) is 12.4 Å². The van der Waals surface area contributed by atoms with Crippen molar-refractivity contribution in [2.24, 2.45) is 5.73 Å². The number of ether oxygens (including phenoxy) is 1. The SMILES string of the molecule is N=C(N)N(c1ccc2ccc(OCc3ccc(C(=O)O)cc3)cc2c1)c1ncccn1. The molecule has 4 aromatic rings. The molecule has 4 N–H and O–H groups in total. The number of rotatable bonds is 6. The van der Waals surface area contributed by atoms with Gasteiger partial charge in [-0.25, -0.2) is 19.7 Å². The normalized spacial score (nSPS) is 10.6. The van der Waals surface area contributed by atoms with Crippen LogP contribution in [0.4, 0.5) is 11.6 Å². The van der Waals surface area contributed by atoms with E-state index in [1.807, 2.05) is 36.4 Å². The van der Waals surface area contributed by atoms with Crippen molar-refractivity contribution in [2.45, 2.75) is 6.61 Å². The van der Waals surface area contributed by atoms with E-state index in [4.69, 9.17) is 21.0 Å². The molecule has 0 fully saturated rings. The maximum absolute atomic E-state index is 11.0. The third-order valence-electron chi connectivity index (χ3n) is 4.65. The van der Waals surface area contributed by atoms with Gasteiger partial charge >= 0.3 is 5.97 Å². The molecule has 0 aliphatic rings. The highest BCUT2D eigenvalue weighted by Crippen LogP contribution is 2.28. The third-order valence-corrected chi connectivity index (χ3v) is 4.65. The molecule has 8 heteroatoms. The third kappa shape index (κ3) is 4.43. The lowest BCUT2D eigenvalue weighted by Gasteiger charge is -2.20. The van der Waals surface area contributed by atoms with Crippen LogP contribution in [0.5, 0.6) is 5.75 Å². The number of guanidine groups is 1. The van der Waals surface area contributed by atoms with Crippen molar-refractivity contribution in [1.29, 1.82) is 5.41 Å². The number of fused-ring (bicyclic) bond motifs is 1. The fourth-order valence-corrected chi connectivity index (χ4v) is 3.12. The second-order valence-electron chi connectivity index (χ2n) is 6.75. The van der Waals surface area contributed by atoms with Crippen molar-refractivity contribution in [3.63, 3.8) is 0 Å². The van der Waals surface area contributed by atoms with Crippen LogP contribution in [0.15, 0.2) is 79.1 Å². The molecule has 1 heterocycles. The van der Waals surface area contributed by atoms with Gasteiger partial charge < -0.3 is 15.6 Å². The number of nitrogens with one attached hydrogen (secondary N) is 1. The lowest BCUT2D eigenvalue weighted by molar-refractivity contribution is 0.0697. The summed E-state index contributed by atoms with van der Waals surface area (Å²) in [7, 11) is 0. The number of anilines is 2. The fourth-order valence-electron chi connectivity index (χ4n) is 3.12. The Morgan fingerprint density at radius 1 is 1.00 bits per heavy atom. The predicted octanol–water partition coefficient (Wildman–Crippen LogP) is 3.94. The van der Waals surface area contributed by atoms with Crippen LogP contribution in [0.25, 0.3) is 10.8 Å². The van der Waals surface area contributed by atoms with E-state index in [-0.39, 0.29) is 11.5 Å². The molecule has 0 saturated carbocycles. The molecule has 0 saturated heterocycles. The second-order valence-corrected chi connectivity index (χ2v) is 6.75. The van der Waals surface area contributed by atoms with Gasteiger partial charge in [-0.05, 0) is 58.8 Å². The lowest BCUT2D eigenvalue weighted by Crippen LogP contribution is -2.33. The van der Waals surface area contributed by atoms with Gasteiger partial charge in [-0.1, -0.05) is 24.3 Å². The molecule has 1 aromatic heterocycles. The van der Waals surface area contributed by atoms with Gasteiger partial charge in [-0.2, -0.15) is 0 Å². The number of benzene rings is 3. The van der Waals surface area contributed by atoms with E-state index in [2.05, 4.69) is 9.97 Å². The summed E-state index contributed by atoms with van der Waals surface area (Å²) in [5.74, 6) is -0.176. The second kappa shape index (κ2) is 8.50. The van der Waals surface area contributed by atoms with Crippen molar-refractivity contribution in [2.75, 3.05) is 4.90 Å². The summed E-state index contributed by atoms with van der Waals surface area (Å²) in [5, 5.41) is 18.8. The molecule has 8 nitrogen and oxygen atoms in total. The summed E-state index contributed by atoms with van der Waals surface area (Å²) in [6.07, 6.45) is 3.18. The van der Waals surface area contributed by atoms with Crippen molar-refractivity contribution in [3.8, 4) is 5.75 Å². The first-order valence-electron chi connectivity index (χ1n) is 9.41. The molecule has 0 aliphatic carbocycles. The van der Waals surface area contributed by atoms with Gasteiger partial charge in [0.15, 0.2) is 5.96 Å². The summed E-state index contributed by atoms with van der Waals surface area (Å²) in [6, 6.07) is 19.6. The van der Waals surface area contributed by atoms with Crippen LogP contribution in [0.3, 0.4) is 0 Å². The molecule has 3 aromatic carbocycles. The van der Waals surface area contributed by atoms with Crippen LogP contribution in [0.1, 0.15) is 15.9 Å². The zero-order chi connectivity index (χ0) is 21.8. The number of carbonyl (C=O) groups is 1. The summed E-state index contributed by atoms with van der Waals surface area (Å²) >= 11 is 0. The zero-order valence-corrected chi connectivity index (χ0v) is 16.4. The average Bonchev–Trinajstić information content (AvgIpc) is 2.78. The van der Waals surface area contributed by atoms with Crippen LogP contribution in [0, 0.1) is 5.41 Å². The number of aromatic nitrogens is 2. The Balaban J connectivity index is 1.58. The minimum atomic E-state index is -0.960. The van der Waals surface area contributed by atoms with Crippen molar-refractivity contribution in [1.82, 2.24) is 9.97 Å². The van der Waals surface area contributed by atoms with Crippen LogP contribution in [-0.4, -0.2) is 27.0 Å². The average molecular weight is 413 g/mol. The van der Waals surface area contributed by atoms with Crippen LogP contribution >= 0.6 is 0 Å². The number of carboxylic acid groups (broad SMARTS) is 1. The van der Waals surface area contributed by atoms with Gasteiger partial charge in [0.2, 0.25) is 5.95 Å². The summed E-state index contributed by atoms with van der Waals surface area (Å²) in [5.41, 5.74) is 7.54. The molecule has 0 unspecified atom stereocenters. The largest absolute Gasteiger partial charge is 0.489 e. The number of nitrogens with zero attached hydrogens (tertiary/aromatic N) is 3. The maximum atomic E-state index is 11.0. The van der Waals surface area contributed by atoms with Crippen molar-refractivity contribution in [3.05, 3.63) is 90.3 Å². The molecule has 0 spiro atoms. The highest BCUT2D eigenvalue weighted by molar-refractivity contribution is 6.00. The number of aromatic carboxylic acids is 1. The molecule has 154 valence electrons. The molecule has 4 rings (SSSR count). The summed E-state index contributed by atoms with van der Waals surface area (Å²) < 4.78 is 5.88. The van der Waals surface area contributed by atoms with Gasteiger partial charge in [-0.15, -0.1) is 0 Å². The first-order valence-corrected chi connectivity index (χ1v) is 9.41. The van der Waals surface area contributed by atoms with E-state index < -0.39 is 5.97 Å². The molecular weight excluding hydrogens is 394 g/mol. The molecule has 0 atom stereocenters. The Labute approximate surface area is 178 Å². The Hall–Kier alpha value is -4.46. The number of carboxylic acids is 1. The topological polar surface area (TPSA) is 125 Å². The van der Waals surface area contributed by atoms with E-state index in [0.717, 1.165) is 16.3 Å². The summed E-state index contributed by atoms with van der Waals surface area (Å²) in [6.45, 7) is 0.308. The highest BCUT2D eigenvalue weighted by Gasteiger charge is 2.15. The standard InChI is InChI=1S/C23H19N5O3/c24-22(25)28(23-26-10-1-11-27-23)19-8-6-16-7-9-20(13-18(16)12-19)31-14-15-2-4-17(5-3-15)21(29)30/h1-13H,14H2,(H3,24,25)(H,29,30). The molecule has 0 aliphatic heterocycles. The smallest absolute Gasteiger partial charge is 0.335 e. The molecule has 0 amide bonds. The van der Waals surface area contributed by atoms with Crippen molar-refractivity contribution < 1.29 is 14.6 Å². The van der Waals surface area contributed by atoms with E-state index in [1.54, 1.807) is 42.7 Å². The predicted molar refractivity (Wildman–Crippen MR) is 118 cm³/mol. The lowest BCUT2D eigenvalue weighted by atomic mass is 10.1. The first kappa shape index (κ1) is 19.8. The van der Waals surface area contributed by atoms with Crippen molar-refractivity contribution >= 4 is 34.3 Å². The number of nitrogens with two attached hydrogens (primary N) is 1. The monoisotopic (exact) mass is 413 g/mol. The van der Waals surface area contributed by atoms with E-state index >= 15 is 0 Å². The minimum Gasteiger partial charge on any atom is -0.489 e. The fraction of sp³-hybridized carbons (Fsp3) is 0.0435.